The van der Waals surface area contributed by atoms with E-state index in [2.05, 4.69) is 22.4 Å². The minimum Gasteiger partial charge on any atom is -0.497 e. The molecule has 0 radical (unpaired) electrons. The summed E-state index contributed by atoms with van der Waals surface area (Å²) < 4.78 is 7.12. The van der Waals surface area contributed by atoms with Crippen LogP contribution < -0.4 is 15.4 Å². The second kappa shape index (κ2) is 14.8. The van der Waals surface area contributed by atoms with Gasteiger partial charge in [-0.15, -0.1) is 0 Å². The SMILES string of the molecule is COc1ccc2c(c1)c(CC(=O)NCCCCCCN=c1ccc3c4[nH]c5cc([N+](=O)[O-])ccc5nc4c4cccc1c43)c(C)n2C(=O)c1ccc(Cl)cc1. The molecule has 0 atom stereocenters. The van der Waals surface area contributed by atoms with E-state index in [-0.39, 0.29) is 23.9 Å². The van der Waals surface area contributed by atoms with Gasteiger partial charge in [0, 0.05) is 68.4 Å². The van der Waals surface area contributed by atoms with E-state index >= 15 is 0 Å². The molecule has 0 aliphatic heterocycles. The molecule has 12 heteroatoms. The average Bonchev–Trinajstić information content (AvgIpc) is 3.65. The summed E-state index contributed by atoms with van der Waals surface area (Å²) >= 11 is 6.06. The number of ether oxygens (including phenoxy) is 1. The first-order valence-corrected chi connectivity index (χ1v) is 18.6. The van der Waals surface area contributed by atoms with Crippen LogP contribution in [0.15, 0.2) is 96.0 Å². The fourth-order valence-corrected chi connectivity index (χ4v) is 7.69. The Bertz CT molecular complexity index is 2860. The number of unbranched alkanes of at least 4 members (excludes halogenated alkanes) is 3. The van der Waals surface area contributed by atoms with Crippen molar-refractivity contribution in [1.29, 1.82) is 0 Å². The third kappa shape index (κ3) is 6.72. The average molecular weight is 753 g/mol. The number of methoxy groups -OCH3 is 1. The first-order chi connectivity index (χ1) is 26.7. The highest BCUT2D eigenvalue weighted by Gasteiger charge is 2.22. The Hall–Kier alpha value is -6.33. The van der Waals surface area contributed by atoms with Crippen LogP contribution in [0.5, 0.6) is 5.75 Å². The third-order valence-electron chi connectivity index (χ3n) is 10.3. The van der Waals surface area contributed by atoms with E-state index in [0.29, 0.717) is 51.7 Å². The number of carbonyl (C=O) groups excluding carboxylic acids is 2. The molecule has 11 nitrogen and oxygen atoms in total. The Morgan fingerprint density at radius 3 is 2.53 bits per heavy atom. The van der Waals surface area contributed by atoms with Gasteiger partial charge < -0.3 is 15.0 Å². The molecule has 0 fully saturated rings. The number of benzene rings is 5. The molecule has 0 saturated heterocycles. The molecule has 1 amide bonds. The van der Waals surface area contributed by atoms with Crippen LogP contribution in [-0.4, -0.2) is 51.5 Å². The van der Waals surface area contributed by atoms with Crippen molar-refractivity contribution < 1.29 is 19.2 Å². The molecular weight excluding hydrogens is 716 g/mol. The molecule has 276 valence electrons. The van der Waals surface area contributed by atoms with E-state index < -0.39 is 4.92 Å². The minimum atomic E-state index is -0.403. The van der Waals surface area contributed by atoms with Crippen molar-refractivity contribution in [3.8, 4) is 5.75 Å². The van der Waals surface area contributed by atoms with Gasteiger partial charge in [0.25, 0.3) is 11.6 Å². The Kier molecular flexibility index (Phi) is 9.62. The van der Waals surface area contributed by atoms with E-state index in [1.165, 1.54) is 12.1 Å². The summed E-state index contributed by atoms with van der Waals surface area (Å²) in [5.41, 5.74) is 5.70. The van der Waals surface area contributed by atoms with Crippen LogP contribution in [0.25, 0.3) is 54.5 Å². The van der Waals surface area contributed by atoms with Gasteiger partial charge in [0.1, 0.15) is 5.75 Å². The lowest BCUT2D eigenvalue weighted by Crippen LogP contribution is -2.26. The monoisotopic (exact) mass is 752 g/mol. The highest BCUT2D eigenvalue weighted by molar-refractivity contribution is 6.30. The van der Waals surface area contributed by atoms with Gasteiger partial charge in [0.15, 0.2) is 0 Å². The summed E-state index contributed by atoms with van der Waals surface area (Å²) in [6.07, 6.45) is 3.83. The number of hydrogen-bond donors (Lipinski definition) is 2. The van der Waals surface area contributed by atoms with Crippen LogP contribution in [-0.2, 0) is 11.2 Å². The summed E-state index contributed by atoms with van der Waals surface area (Å²) in [6, 6.07) is 27.2. The zero-order chi connectivity index (χ0) is 38.2. The molecule has 55 heavy (non-hydrogen) atoms. The standard InChI is InChI=1S/C43H37ClN6O5/c1-25-33(34-23-29(55-2)15-19-38(34)49(25)43(52)26-10-12-27(44)13-11-26)24-39(51)46-21-6-4-3-5-20-45-35-18-16-32-40-30(35)8-7-9-31(40)41-42(32)48-37-22-28(50(53)54)14-17-36(37)47-41/h7-19,22-23,48H,3-6,20-21,24H2,1-2H3,(H,46,51). The Labute approximate surface area is 320 Å². The van der Waals surface area contributed by atoms with Crippen LogP contribution >= 0.6 is 11.6 Å². The summed E-state index contributed by atoms with van der Waals surface area (Å²) in [4.78, 5) is 51.0. The molecule has 8 rings (SSSR count). The molecule has 2 aromatic heterocycles. The molecule has 8 aromatic rings. The molecule has 0 spiro atoms. The fraction of sp³-hybridized carbons (Fsp3) is 0.209. The second-order valence-corrected chi connectivity index (χ2v) is 14.1. The van der Waals surface area contributed by atoms with Crippen LogP contribution in [0.1, 0.15) is 47.3 Å². The number of nitro benzene ring substituents is 1. The van der Waals surface area contributed by atoms with Crippen molar-refractivity contribution >= 4 is 83.6 Å². The van der Waals surface area contributed by atoms with Gasteiger partial charge in [0.2, 0.25) is 5.91 Å². The van der Waals surface area contributed by atoms with Crippen molar-refractivity contribution in [3.63, 3.8) is 0 Å². The van der Waals surface area contributed by atoms with Gasteiger partial charge >= 0.3 is 0 Å². The zero-order valence-electron chi connectivity index (χ0n) is 30.3. The minimum absolute atomic E-state index is 0.0174. The number of aromatic nitrogens is 3. The van der Waals surface area contributed by atoms with E-state index in [0.717, 1.165) is 74.6 Å². The van der Waals surface area contributed by atoms with E-state index in [1.807, 2.05) is 43.3 Å². The molecule has 0 unspecified atom stereocenters. The Morgan fingerprint density at radius 2 is 1.73 bits per heavy atom. The van der Waals surface area contributed by atoms with Crippen LogP contribution in [0, 0.1) is 17.0 Å². The quantitative estimate of drug-likeness (QED) is 0.0725. The lowest BCUT2D eigenvalue weighted by molar-refractivity contribution is -0.384. The van der Waals surface area contributed by atoms with Gasteiger partial charge in [-0.2, -0.15) is 0 Å². The summed E-state index contributed by atoms with van der Waals surface area (Å²) in [5.74, 6) is 0.358. The van der Waals surface area contributed by atoms with Gasteiger partial charge in [-0.3, -0.25) is 29.3 Å². The maximum Gasteiger partial charge on any atom is 0.271 e. The maximum atomic E-state index is 13.6. The number of nitro groups is 1. The molecule has 6 aromatic carbocycles. The first kappa shape index (κ1) is 35.7. The summed E-state index contributed by atoms with van der Waals surface area (Å²) in [7, 11) is 1.59. The van der Waals surface area contributed by atoms with E-state index in [4.69, 9.17) is 26.3 Å². The number of amides is 1. The van der Waals surface area contributed by atoms with Gasteiger partial charge in [0.05, 0.1) is 51.4 Å². The molecule has 0 saturated carbocycles. The number of hydrogen-bond acceptors (Lipinski definition) is 7. The maximum absolute atomic E-state index is 13.6. The lowest BCUT2D eigenvalue weighted by Gasteiger charge is -2.08. The number of carbonyl (C=O) groups is 2. The van der Waals surface area contributed by atoms with Crippen molar-refractivity contribution in [3.05, 3.63) is 128 Å². The number of aromatic amines is 1. The van der Waals surface area contributed by atoms with Gasteiger partial charge in [-0.05, 0) is 79.9 Å². The number of H-pyrrole nitrogens is 1. The Balaban J connectivity index is 0.890. The second-order valence-electron chi connectivity index (χ2n) is 13.7. The van der Waals surface area contributed by atoms with Crippen molar-refractivity contribution in [1.82, 2.24) is 19.9 Å². The first-order valence-electron chi connectivity index (χ1n) is 18.2. The number of fused-ring (bicyclic) bond motifs is 5. The topological polar surface area (TPSA) is 145 Å². The molecule has 0 aliphatic carbocycles. The van der Waals surface area contributed by atoms with Crippen LogP contribution in [0.4, 0.5) is 5.69 Å². The molecular formula is C43H37ClN6O5. The lowest BCUT2D eigenvalue weighted by atomic mass is 10.1. The summed E-state index contributed by atoms with van der Waals surface area (Å²) in [5, 5.41) is 20.8. The number of rotatable bonds is 12. The number of nitrogens with one attached hydrogen (secondary N) is 2. The van der Waals surface area contributed by atoms with E-state index in [9.17, 15) is 19.7 Å². The third-order valence-corrected chi connectivity index (χ3v) is 10.6. The normalized spacial score (nSPS) is 12.1. The zero-order valence-corrected chi connectivity index (χ0v) is 31.1. The smallest absolute Gasteiger partial charge is 0.271 e. The largest absolute Gasteiger partial charge is 0.497 e. The number of nitrogens with zero attached hydrogens (tertiary/aromatic N) is 4. The predicted octanol–water partition coefficient (Wildman–Crippen LogP) is 8.80. The summed E-state index contributed by atoms with van der Waals surface area (Å²) in [6.45, 7) is 3.10. The van der Waals surface area contributed by atoms with Crippen molar-refractivity contribution in [2.75, 3.05) is 20.2 Å². The molecule has 0 aliphatic rings. The van der Waals surface area contributed by atoms with Crippen LogP contribution in [0.2, 0.25) is 5.02 Å². The van der Waals surface area contributed by atoms with Gasteiger partial charge in [-0.1, -0.05) is 48.7 Å². The molecule has 2 heterocycles. The number of halogens is 1. The number of non-ortho nitro benzene ring substituents is 1. The molecule has 2 N–H and O–H groups in total. The molecule has 0 bridgehead atoms. The van der Waals surface area contributed by atoms with Crippen molar-refractivity contribution in [2.24, 2.45) is 4.99 Å². The Morgan fingerprint density at radius 1 is 0.927 bits per heavy atom. The van der Waals surface area contributed by atoms with Crippen LogP contribution in [0.3, 0.4) is 0 Å². The van der Waals surface area contributed by atoms with E-state index in [1.54, 1.807) is 42.0 Å². The predicted molar refractivity (Wildman–Crippen MR) is 216 cm³/mol. The highest BCUT2D eigenvalue weighted by Crippen LogP contribution is 2.36. The fourth-order valence-electron chi connectivity index (χ4n) is 7.57. The van der Waals surface area contributed by atoms with Gasteiger partial charge in [-0.25, -0.2) is 4.98 Å². The van der Waals surface area contributed by atoms with Crippen molar-refractivity contribution in [2.45, 2.75) is 39.0 Å². The highest BCUT2D eigenvalue weighted by atomic mass is 35.5.